The summed E-state index contributed by atoms with van der Waals surface area (Å²) >= 11 is 0. The molecule has 0 saturated heterocycles. The number of carbonyl (C=O) groups excluding carboxylic acids is 1. The van der Waals surface area contributed by atoms with E-state index >= 15 is 0 Å². The molecule has 1 rings (SSSR count). The second-order valence-electron chi connectivity index (χ2n) is 4.43. The molecule has 0 N–H and O–H groups in total. The van der Waals surface area contributed by atoms with Crippen molar-refractivity contribution in [2.45, 2.75) is 46.5 Å². The van der Waals surface area contributed by atoms with Crippen molar-refractivity contribution < 1.29 is 9.53 Å². The van der Waals surface area contributed by atoms with Gasteiger partial charge in [0, 0.05) is 0 Å². The first-order chi connectivity index (χ1) is 6.10. The SMILES string of the molecule is CCOC(=O)C1(CCC(C)C)CC1. The quantitative estimate of drug-likeness (QED) is 0.614. The summed E-state index contributed by atoms with van der Waals surface area (Å²) in [5, 5.41) is 0. The molecular formula is C11H20O2. The minimum absolute atomic E-state index is 0.0376. The molecule has 0 aromatic rings. The first kappa shape index (κ1) is 10.6. The Balaban J connectivity index is 2.33. The molecule has 0 spiro atoms. The van der Waals surface area contributed by atoms with Crippen molar-refractivity contribution in [2.75, 3.05) is 6.61 Å². The van der Waals surface area contributed by atoms with E-state index in [0.717, 1.165) is 25.7 Å². The Labute approximate surface area is 80.7 Å². The minimum Gasteiger partial charge on any atom is -0.466 e. The van der Waals surface area contributed by atoms with E-state index in [4.69, 9.17) is 4.74 Å². The van der Waals surface area contributed by atoms with Crippen LogP contribution in [-0.4, -0.2) is 12.6 Å². The molecule has 0 aromatic carbocycles. The maximum atomic E-state index is 11.5. The van der Waals surface area contributed by atoms with Crippen LogP contribution in [0.25, 0.3) is 0 Å². The zero-order chi connectivity index (χ0) is 9.90. The Morgan fingerprint density at radius 2 is 2.08 bits per heavy atom. The van der Waals surface area contributed by atoms with Crippen molar-refractivity contribution in [1.82, 2.24) is 0 Å². The van der Waals surface area contributed by atoms with E-state index in [1.165, 1.54) is 0 Å². The van der Waals surface area contributed by atoms with Crippen molar-refractivity contribution in [3.05, 3.63) is 0 Å². The number of rotatable bonds is 5. The van der Waals surface area contributed by atoms with E-state index in [2.05, 4.69) is 13.8 Å². The molecule has 1 aliphatic carbocycles. The van der Waals surface area contributed by atoms with E-state index in [9.17, 15) is 4.79 Å². The molecule has 0 heterocycles. The minimum atomic E-state index is -0.0692. The van der Waals surface area contributed by atoms with Crippen molar-refractivity contribution in [3.8, 4) is 0 Å². The zero-order valence-electron chi connectivity index (χ0n) is 8.93. The fourth-order valence-electron chi connectivity index (χ4n) is 1.56. The fraction of sp³-hybridized carbons (Fsp3) is 0.909. The molecule has 1 saturated carbocycles. The van der Waals surface area contributed by atoms with Gasteiger partial charge in [-0.2, -0.15) is 0 Å². The third-order valence-corrected chi connectivity index (χ3v) is 2.76. The molecule has 0 radical (unpaired) electrons. The van der Waals surface area contributed by atoms with Gasteiger partial charge in [0.05, 0.1) is 12.0 Å². The van der Waals surface area contributed by atoms with Crippen LogP contribution in [0.1, 0.15) is 46.5 Å². The molecule has 0 atom stereocenters. The van der Waals surface area contributed by atoms with E-state index in [1.807, 2.05) is 6.92 Å². The summed E-state index contributed by atoms with van der Waals surface area (Å²) in [6.07, 6.45) is 4.24. The second kappa shape index (κ2) is 4.12. The molecule has 0 bridgehead atoms. The van der Waals surface area contributed by atoms with E-state index in [0.29, 0.717) is 12.5 Å². The van der Waals surface area contributed by atoms with Crippen LogP contribution < -0.4 is 0 Å². The van der Waals surface area contributed by atoms with Crippen LogP contribution in [0, 0.1) is 11.3 Å². The third-order valence-electron chi connectivity index (χ3n) is 2.76. The highest BCUT2D eigenvalue weighted by Crippen LogP contribution is 2.51. The molecule has 1 fully saturated rings. The molecule has 2 nitrogen and oxygen atoms in total. The maximum Gasteiger partial charge on any atom is 0.312 e. The molecule has 2 heteroatoms. The van der Waals surface area contributed by atoms with Crippen LogP contribution >= 0.6 is 0 Å². The van der Waals surface area contributed by atoms with Gasteiger partial charge in [-0.05, 0) is 38.5 Å². The zero-order valence-corrected chi connectivity index (χ0v) is 8.93. The molecule has 0 unspecified atom stereocenters. The number of esters is 1. The molecule has 0 amide bonds. The van der Waals surface area contributed by atoms with Gasteiger partial charge in [0.15, 0.2) is 0 Å². The molecule has 0 aliphatic heterocycles. The van der Waals surface area contributed by atoms with Gasteiger partial charge in [-0.25, -0.2) is 0 Å². The van der Waals surface area contributed by atoms with Gasteiger partial charge in [-0.1, -0.05) is 13.8 Å². The van der Waals surface area contributed by atoms with Crippen LogP contribution in [-0.2, 0) is 9.53 Å². The smallest absolute Gasteiger partial charge is 0.312 e. The Hall–Kier alpha value is -0.530. The Morgan fingerprint density at radius 3 is 2.46 bits per heavy atom. The highest BCUT2D eigenvalue weighted by atomic mass is 16.5. The number of ether oxygens (including phenoxy) is 1. The number of hydrogen-bond donors (Lipinski definition) is 0. The van der Waals surface area contributed by atoms with Crippen molar-refractivity contribution in [2.24, 2.45) is 11.3 Å². The van der Waals surface area contributed by atoms with Crippen molar-refractivity contribution >= 4 is 5.97 Å². The average Bonchev–Trinajstić information content (AvgIpc) is 2.82. The largest absolute Gasteiger partial charge is 0.466 e. The molecular weight excluding hydrogens is 164 g/mol. The highest BCUT2D eigenvalue weighted by Gasteiger charge is 2.50. The normalized spacial score (nSPS) is 18.8. The summed E-state index contributed by atoms with van der Waals surface area (Å²) in [5.41, 5.74) is -0.0692. The van der Waals surface area contributed by atoms with Gasteiger partial charge in [-0.3, -0.25) is 4.79 Å². The lowest BCUT2D eigenvalue weighted by atomic mass is 9.95. The van der Waals surface area contributed by atoms with Crippen LogP contribution in [0.5, 0.6) is 0 Å². The molecule has 76 valence electrons. The van der Waals surface area contributed by atoms with Crippen molar-refractivity contribution in [3.63, 3.8) is 0 Å². The third kappa shape index (κ3) is 2.71. The van der Waals surface area contributed by atoms with E-state index in [-0.39, 0.29) is 11.4 Å². The summed E-state index contributed by atoms with van der Waals surface area (Å²) in [6.45, 7) is 6.78. The van der Waals surface area contributed by atoms with E-state index in [1.54, 1.807) is 0 Å². The standard InChI is InChI=1S/C11H20O2/c1-4-13-10(12)11(7-8-11)6-5-9(2)3/h9H,4-8H2,1-3H3. The summed E-state index contributed by atoms with van der Waals surface area (Å²) in [5.74, 6) is 0.725. The number of hydrogen-bond acceptors (Lipinski definition) is 2. The van der Waals surface area contributed by atoms with Crippen LogP contribution in [0.4, 0.5) is 0 Å². The second-order valence-corrected chi connectivity index (χ2v) is 4.43. The lowest BCUT2D eigenvalue weighted by Crippen LogP contribution is -2.19. The van der Waals surface area contributed by atoms with Crippen LogP contribution in [0.3, 0.4) is 0 Å². The average molecular weight is 184 g/mol. The van der Waals surface area contributed by atoms with Gasteiger partial charge >= 0.3 is 5.97 Å². The highest BCUT2D eigenvalue weighted by molar-refractivity contribution is 5.79. The lowest BCUT2D eigenvalue weighted by molar-refractivity contribution is -0.150. The fourth-order valence-corrected chi connectivity index (χ4v) is 1.56. The monoisotopic (exact) mass is 184 g/mol. The van der Waals surface area contributed by atoms with Gasteiger partial charge in [0.1, 0.15) is 0 Å². The first-order valence-electron chi connectivity index (χ1n) is 5.28. The van der Waals surface area contributed by atoms with Crippen LogP contribution in [0.15, 0.2) is 0 Å². The molecule has 0 aromatic heterocycles. The van der Waals surface area contributed by atoms with Crippen LogP contribution in [0.2, 0.25) is 0 Å². The topological polar surface area (TPSA) is 26.3 Å². The predicted octanol–water partition coefficient (Wildman–Crippen LogP) is 2.77. The van der Waals surface area contributed by atoms with Crippen molar-refractivity contribution in [1.29, 1.82) is 0 Å². The molecule has 13 heavy (non-hydrogen) atoms. The van der Waals surface area contributed by atoms with Gasteiger partial charge in [0.2, 0.25) is 0 Å². The van der Waals surface area contributed by atoms with E-state index < -0.39 is 0 Å². The Kier molecular flexibility index (Phi) is 3.34. The van der Waals surface area contributed by atoms with Gasteiger partial charge < -0.3 is 4.74 Å². The summed E-state index contributed by atoms with van der Waals surface area (Å²) in [7, 11) is 0. The summed E-state index contributed by atoms with van der Waals surface area (Å²) < 4.78 is 5.06. The summed E-state index contributed by atoms with van der Waals surface area (Å²) in [6, 6.07) is 0. The van der Waals surface area contributed by atoms with Gasteiger partial charge in [0.25, 0.3) is 0 Å². The first-order valence-corrected chi connectivity index (χ1v) is 5.28. The lowest BCUT2D eigenvalue weighted by Gasteiger charge is -2.14. The Bertz CT molecular complexity index is 181. The predicted molar refractivity (Wildman–Crippen MR) is 52.4 cm³/mol. The molecule has 1 aliphatic rings. The Morgan fingerprint density at radius 1 is 1.46 bits per heavy atom. The van der Waals surface area contributed by atoms with Gasteiger partial charge in [-0.15, -0.1) is 0 Å². The summed E-state index contributed by atoms with van der Waals surface area (Å²) in [4.78, 5) is 11.5. The number of carbonyl (C=O) groups is 1. The maximum absolute atomic E-state index is 11.5.